The number of nitrogens with one attached hydrogen (secondary N) is 1. The molecule has 1 unspecified atom stereocenters. The monoisotopic (exact) mass is 181 g/mol. The van der Waals surface area contributed by atoms with E-state index >= 15 is 0 Å². The van der Waals surface area contributed by atoms with Crippen molar-refractivity contribution in [2.24, 2.45) is 5.92 Å². The molecule has 75 valence electrons. The summed E-state index contributed by atoms with van der Waals surface area (Å²) in [6, 6.07) is 0.710. The van der Waals surface area contributed by atoms with E-state index in [1.807, 2.05) is 0 Å². The van der Waals surface area contributed by atoms with Gasteiger partial charge in [0.1, 0.15) is 0 Å². The first kappa shape index (κ1) is 9.47. The molecule has 0 bridgehead atoms. The molecule has 1 N–H and O–H groups in total. The summed E-state index contributed by atoms with van der Waals surface area (Å²) in [6.45, 7) is 3.40. The van der Waals surface area contributed by atoms with Crippen molar-refractivity contribution in [2.75, 3.05) is 19.6 Å². The highest BCUT2D eigenvalue weighted by atomic mass is 15.0. The fourth-order valence-corrected chi connectivity index (χ4v) is 2.48. The molecule has 2 aliphatic rings. The van der Waals surface area contributed by atoms with Crippen molar-refractivity contribution in [1.82, 2.24) is 10.6 Å². The van der Waals surface area contributed by atoms with Crippen LogP contribution in [0.25, 0.3) is 0 Å². The third-order valence-electron chi connectivity index (χ3n) is 3.41. The number of hydrogen-bond donors (Lipinski definition) is 1. The van der Waals surface area contributed by atoms with Crippen LogP contribution in [0.15, 0.2) is 0 Å². The molecular weight excluding hydrogens is 160 g/mol. The van der Waals surface area contributed by atoms with Gasteiger partial charge >= 0.3 is 0 Å². The number of rotatable bonds is 3. The molecule has 2 rings (SSSR count). The van der Waals surface area contributed by atoms with Crippen molar-refractivity contribution in [3.63, 3.8) is 0 Å². The number of nitrogens with zero attached hydrogens (tertiary/aromatic N) is 1. The SMILES string of the molecule is C1CCC(CNC2CC[N]C2)CC1. The van der Waals surface area contributed by atoms with Crippen molar-refractivity contribution < 1.29 is 0 Å². The smallest absolute Gasteiger partial charge is 0.0288 e. The molecule has 1 atom stereocenters. The predicted molar refractivity (Wildman–Crippen MR) is 54.9 cm³/mol. The van der Waals surface area contributed by atoms with E-state index in [1.165, 1.54) is 45.1 Å². The molecule has 2 heteroatoms. The molecule has 1 aliphatic heterocycles. The predicted octanol–water partition coefficient (Wildman–Crippen LogP) is 1.53. The summed E-state index contributed by atoms with van der Waals surface area (Å²) in [7, 11) is 0. The van der Waals surface area contributed by atoms with Crippen LogP contribution in [0, 0.1) is 5.92 Å². The summed E-state index contributed by atoms with van der Waals surface area (Å²) in [5.41, 5.74) is 0. The van der Waals surface area contributed by atoms with Gasteiger partial charge in [-0.1, -0.05) is 19.3 Å². The molecule has 0 amide bonds. The van der Waals surface area contributed by atoms with E-state index in [-0.39, 0.29) is 0 Å². The Hall–Kier alpha value is -0.0800. The Balaban J connectivity index is 1.60. The molecule has 0 spiro atoms. The zero-order chi connectivity index (χ0) is 8.93. The third-order valence-corrected chi connectivity index (χ3v) is 3.41. The molecule has 1 aliphatic carbocycles. The quantitative estimate of drug-likeness (QED) is 0.702. The van der Waals surface area contributed by atoms with Crippen LogP contribution in [0.2, 0.25) is 0 Å². The average Bonchev–Trinajstić information content (AvgIpc) is 2.69. The van der Waals surface area contributed by atoms with Gasteiger partial charge in [-0.3, -0.25) is 0 Å². The Bertz CT molecular complexity index is 135. The molecule has 1 heterocycles. The standard InChI is InChI=1S/C11H21N2/c1-2-4-10(5-3-1)8-13-11-6-7-12-9-11/h10-11,13H,1-9H2. The van der Waals surface area contributed by atoms with Crippen LogP contribution >= 0.6 is 0 Å². The second kappa shape index (κ2) is 4.97. The summed E-state index contributed by atoms with van der Waals surface area (Å²) in [5.74, 6) is 0.967. The summed E-state index contributed by atoms with van der Waals surface area (Å²) >= 11 is 0. The van der Waals surface area contributed by atoms with E-state index in [0.717, 1.165) is 19.0 Å². The Morgan fingerprint density at radius 2 is 1.92 bits per heavy atom. The molecular formula is C11H21N2. The minimum atomic E-state index is 0.710. The zero-order valence-electron chi connectivity index (χ0n) is 8.47. The van der Waals surface area contributed by atoms with E-state index in [4.69, 9.17) is 0 Å². The van der Waals surface area contributed by atoms with Crippen molar-refractivity contribution in [3.8, 4) is 0 Å². The van der Waals surface area contributed by atoms with Crippen LogP contribution in [-0.4, -0.2) is 25.7 Å². The maximum absolute atomic E-state index is 4.37. The Kier molecular flexibility index (Phi) is 3.62. The minimum absolute atomic E-state index is 0.710. The van der Waals surface area contributed by atoms with Gasteiger partial charge in [-0.25, -0.2) is 5.32 Å². The third kappa shape index (κ3) is 2.96. The van der Waals surface area contributed by atoms with Crippen molar-refractivity contribution in [1.29, 1.82) is 0 Å². The lowest BCUT2D eigenvalue weighted by molar-refractivity contribution is 0.330. The maximum atomic E-state index is 4.37. The van der Waals surface area contributed by atoms with Crippen LogP contribution in [-0.2, 0) is 0 Å². The summed E-state index contributed by atoms with van der Waals surface area (Å²) in [4.78, 5) is 0. The minimum Gasteiger partial charge on any atom is -0.312 e. The first-order chi connectivity index (χ1) is 6.45. The van der Waals surface area contributed by atoms with Gasteiger partial charge in [0.15, 0.2) is 0 Å². The van der Waals surface area contributed by atoms with Gasteiger partial charge in [0.25, 0.3) is 0 Å². The van der Waals surface area contributed by atoms with E-state index in [9.17, 15) is 0 Å². The molecule has 13 heavy (non-hydrogen) atoms. The molecule has 0 aromatic carbocycles. The van der Waals surface area contributed by atoms with Gasteiger partial charge in [0.2, 0.25) is 0 Å². The fourth-order valence-electron chi connectivity index (χ4n) is 2.48. The van der Waals surface area contributed by atoms with Gasteiger partial charge in [0, 0.05) is 19.1 Å². The normalized spacial score (nSPS) is 30.9. The lowest BCUT2D eigenvalue weighted by atomic mass is 9.89. The number of hydrogen-bond acceptors (Lipinski definition) is 1. The largest absolute Gasteiger partial charge is 0.312 e. The molecule has 2 fully saturated rings. The van der Waals surface area contributed by atoms with Crippen molar-refractivity contribution >= 4 is 0 Å². The van der Waals surface area contributed by atoms with Gasteiger partial charge in [-0.05, 0) is 31.7 Å². The highest BCUT2D eigenvalue weighted by Gasteiger charge is 2.18. The van der Waals surface area contributed by atoms with E-state index in [1.54, 1.807) is 0 Å². The summed E-state index contributed by atoms with van der Waals surface area (Å²) in [5, 5.41) is 8.02. The first-order valence-electron chi connectivity index (χ1n) is 5.82. The highest BCUT2D eigenvalue weighted by Crippen LogP contribution is 2.22. The molecule has 0 aromatic rings. The van der Waals surface area contributed by atoms with E-state index in [0.29, 0.717) is 6.04 Å². The molecule has 2 nitrogen and oxygen atoms in total. The zero-order valence-corrected chi connectivity index (χ0v) is 8.47. The van der Waals surface area contributed by atoms with E-state index in [2.05, 4.69) is 10.6 Å². The van der Waals surface area contributed by atoms with Crippen LogP contribution in [0.3, 0.4) is 0 Å². The molecule has 1 radical (unpaired) electrons. The molecule has 1 saturated heterocycles. The van der Waals surface area contributed by atoms with E-state index < -0.39 is 0 Å². The lowest BCUT2D eigenvalue weighted by Crippen LogP contribution is -2.34. The maximum Gasteiger partial charge on any atom is 0.0288 e. The highest BCUT2D eigenvalue weighted by molar-refractivity contribution is 4.78. The Morgan fingerprint density at radius 1 is 1.08 bits per heavy atom. The lowest BCUT2D eigenvalue weighted by Gasteiger charge is -2.23. The van der Waals surface area contributed by atoms with Gasteiger partial charge in [0.05, 0.1) is 0 Å². The van der Waals surface area contributed by atoms with Crippen LogP contribution < -0.4 is 10.6 Å². The Morgan fingerprint density at radius 3 is 2.62 bits per heavy atom. The fraction of sp³-hybridized carbons (Fsp3) is 1.00. The Labute approximate surface area is 81.5 Å². The van der Waals surface area contributed by atoms with Crippen LogP contribution in [0.5, 0.6) is 0 Å². The molecule has 1 saturated carbocycles. The van der Waals surface area contributed by atoms with Gasteiger partial charge in [-0.15, -0.1) is 0 Å². The van der Waals surface area contributed by atoms with Crippen LogP contribution in [0.4, 0.5) is 0 Å². The van der Waals surface area contributed by atoms with Gasteiger partial charge in [-0.2, -0.15) is 0 Å². The van der Waals surface area contributed by atoms with Crippen molar-refractivity contribution in [3.05, 3.63) is 0 Å². The van der Waals surface area contributed by atoms with Gasteiger partial charge < -0.3 is 5.32 Å². The summed E-state index contributed by atoms with van der Waals surface area (Å²) < 4.78 is 0. The second-order valence-corrected chi connectivity index (χ2v) is 4.53. The van der Waals surface area contributed by atoms with Crippen LogP contribution in [0.1, 0.15) is 38.5 Å². The van der Waals surface area contributed by atoms with Crippen molar-refractivity contribution in [2.45, 2.75) is 44.6 Å². The average molecular weight is 181 g/mol. The topological polar surface area (TPSA) is 26.1 Å². The summed E-state index contributed by atoms with van der Waals surface area (Å²) in [6.07, 6.45) is 8.57. The molecule has 0 aromatic heterocycles. The first-order valence-corrected chi connectivity index (χ1v) is 5.82. The second-order valence-electron chi connectivity index (χ2n) is 4.53.